The first-order valence-corrected chi connectivity index (χ1v) is 16.8. The van der Waals surface area contributed by atoms with Crippen molar-refractivity contribution in [1.82, 2.24) is 15.6 Å². The monoisotopic (exact) mass is 620 g/mol. The maximum absolute atomic E-state index is 13.9. The predicted molar refractivity (Wildman–Crippen MR) is 179 cm³/mol. The third kappa shape index (κ3) is 6.90. The van der Waals surface area contributed by atoms with Crippen molar-refractivity contribution >= 4 is 33.3 Å². The molecule has 44 heavy (non-hydrogen) atoms. The third-order valence-electron chi connectivity index (χ3n) is 8.52. The fourth-order valence-corrected chi connectivity index (χ4v) is 7.46. The van der Waals surface area contributed by atoms with Crippen molar-refractivity contribution in [3.05, 3.63) is 95.2 Å². The minimum atomic E-state index is -2.97. The lowest BCUT2D eigenvalue weighted by Gasteiger charge is -2.38. The number of ether oxygens (including phenoxy) is 1. The first kappa shape index (κ1) is 31.9. The van der Waals surface area contributed by atoms with Crippen molar-refractivity contribution in [2.24, 2.45) is 0 Å². The number of fused-ring (bicyclic) bond motifs is 1. The molecule has 0 radical (unpaired) electrons. The third-order valence-corrected chi connectivity index (χ3v) is 10.4. The van der Waals surface area contributed by atoms with E-state index in [9.17, 15) is 19.0 Å². The standard InChI is InChI=1S/C34H44N4O5S/c1-5-24-21-35-32-28(24)18-25(19-30(32)38-15-10-16-44(38,41)42)33(40)37-29(17-23-11-7-6-8-12-23)31(39)22-36-34(2,3)26-13-9-14-27(20-26)43-4/h6-9,11-14,18-21,29,31,35-36,39,41-42H,5,10,15-17,22H2,1-4H3,(H,37,40)/t29-,31-/m0/s1. The molecule has 1 fully saturated rings. The molecule has 3 aromatic carbocycles. The van der Waals surface area contributed by atoms with Gasteiger partial charge in [0.1, 0.15) is 5.75 Å². The Hall–Kier alpha value is -3.54. The molecule has 1 aliphatic rings. The van der Waals surface area contributed by atoms with Gasteiger partial charge in [-0.05, 0) is 74.1 Å². The maximum Gasteiger partial charge on any atom is 0.251 e. The van der Waals surface area contributed by atoms with Gasteiger partial charge in [0.05, 0.1) is 36.2 Å². The van der Waals surface area contributed by atoms with Crippen molar-refractivity contribution < 1.29 is 23.7 Å². The largest absolute Gasteiger partial charge is 0.497 e. The quantitative estimate of drug-likeness (QED) is 0.117. The summed E-state index contributed by atoms with van der Waals surface area (Å²) >= 11 is 0. The Morgan fingerprint density at radius 1 is 1.11 bits per heavy atom. The Balaban J connectivity index is 1.42. The van der Waals surface area contributed by atoms with Gasteiger partial charge in [-0.25, -0.2) is 0 Å². The molecular formula is C34H44N4O5S. The van der Waals surface area contributed by atoms with E-state index in [0.717, 1.165) is 39.8 Å². The van der Waals surface area contributed by atoms with Crippen LogP contribution in [-0.2, 0) is 18.4 Å². The van der Waals surface area contributed by atoms with Crippen LogP contribution in [0, 0.1) is 0 Å². The number of aliphatic hydroxyl groups is 1. The van der Waals surface area contributed by atoms with Crippen LogP contribution in [0.3, 0.4) is 0 Å². The van der Waals surface area contributed by atoms with Crippen LogP contribution in [0.5, 0.6) is 5.75 Å². The number of nitrogens with one attached hydrogen (secondary N) is 3. The maximum atomic E-state index is 13.9. The van der Waals surface area contributed by atoms with Crippen LogP contribution < -0.4 is 19.7 Å². The topological polar surface area (TPSA) is 130 Å². The van der Waals surface area contributed by atoms with Gasteiger partial charge in [-0.1, -0.05) is 49.4 Å². The molecule has 0 bridgehead atoms. The van der Waals surface area contributed by atoms with Gasteiger partial charge >= 0.3 is 0 Å². The number of methoxy groups -OCH3 is 1. The summed E-state index contributed by atoms with van der Waals surface area (Å²) in [6.45, 7) is 6.86. The second-order valence-corrected chi connectivity index (χ2v) is 14.1. The fourth-order valence-electron chi connectivity index (χ4n) is 5.84. The van der Waals surface area contributed by atoms with E-state index < -0.39 is 28.5 Å². The Bertz CT molecular complexity index is 1590. The van der Waals surface area contributed by atoms with Gasteiger partial charge in [-0.3, -0.25) is 18.2 Å². The van der Waals surface area contributed by atoms with Gasteiger partial charge in [0, 0.05) is 35.8 Å². The molecule has 4 aromatic rings. The Morgan fingerprint density at radius 2 is 1.89 bits per heavy atom. The van der Waals surface area contributed by atoms with Crippen molar-refractivity contribution in [3.63, 3.8) is 0 Å². The molecule has 1 aromatic heterocycles. The summed E-state index contributed by atoms with van der Waals surface area (Å²) in [6.07, 6.45) is 2.85. The number of hydrogen-bond acceptors (Lipinski definition) is 7. The zero-order valence-corrected chi connectivity index (χ0v) is 26.7. The minimum absolute atomic E-state index is 0.235. The Labute approximate surface area is 261 Å². The highest BCUT2D eigenvalue weighted by molar-refractivity contribution is 8.25. The minimum Gasteiger partial charge on any atom is -0.497 e. The molecule has 0 saturated carbocycles. The summed E-state index contributed by atoms with van der Waals surface area (Å²) in [5.74, 6) is 0.725. The lowest BCUT2D eigenvalue weighted by Crippen LogP contribution is -2.51. The molecule has 1 saturated heterocycles. The zero-order chi connectivity index (χ0) is 31.5. The SMILES string of the molecule is CCc1c[nH]c2c(N3CCCS3(O)O)cc(C(=O)N[C@@H](Cc3ccccc3)[C@@H](O)CNC(C)(C)c3cccc(OC)c3)cc12. The number of amides is 1. The number of aromatic nitrogens is 1. The van der Waals surface area contributed by atoms with Crippen molar-refractivity contribution in [1.29, 1.82) is 0 Å². The number of nitrogens with zero attached hydrogens (tertiary/aromatic N) is 1. The molecule has 5 rings (SSSR count). The molecule has 2 atom stereocenters. The van der Waals surface area contributed by atoms with Crippen LogP contribution in [0.25, 0.3) is 10.9 Å². The van der Waals surface area contributed by atoms with Gasteiger partial charge in [0.25, 0.3) is 5.91 Å². The molecule has 1 amide bonds. The molecule has 0 spiro atoms. The van der Waals surface area contributed by atoms with E-state index in [-0.39, 0.29) is 12.5 Å². The summed E-state index contributed by atoms with van der Waals surface area (Å²) in [5.41, 5.74) is 4.36. The van der Waals surface area contributed by atoms with Crippen LogP contribution in [-0.4, -0.2) is 63.2 Å². The van der Waals surface area contributed by atoms with E-state index >= 15 is 0 Å². The van der Waals surface area contributed by atoms with Gasteiger partial charge in [0.15, 0.2) is 0 Å². The Morgan fingerprint density at radius 3 is 2.57 bits per heavy atom. The zero-order valence-electron chi connectivity index (χ0n) is 25.8. The fraction of sp³-hybridized carbons (Fsp3) is 0.382. The average Bonchev–Trinajstić information content (AvgIpc) is 3.61. The summed E-state index contributed by atoms with van der Waals surface area (Å²) in [5, 5.41) is 19.0. The van der Waals surface area contributed by atoms with Crippen LogP contribution in [0.2, 0.25) is 0 Å². The summed E-state index contributed by atoms with van der Waals surface area (Å²) in [4.78, 5) is 17.2. The number of carbonyl (C=O) groups excluding carboxylic acids is 1. The molecule has 0 aliphatic carbocycles. The number of anilines is 1. The number of aromatic amines is 1. The Kier molecular flexibility index (Phi) is 9.57. The molecule has 1 aliphatic heterocycles. The van der Waals surface area contributed by atoms with E-state index in [1.165, 1.54) is 0 Å². The number of benzene rings is 3. The van der Waals surface area contributed by atoms with Crippen molar-refractivity contribution in [2.45, 2.75) is 57.7 Å². The second kappa shape index (κ2) is 13.2. The number of carbonyl (C=O) groups is 1. The number of hydrogen-bond donors (Lipinski definition) is 6. The highest BCUT2D eigenvalue weighted by atomic mass is 32.3. The first-order valence-electron chi connectivity index (χ1n) is 15.1. The molecule has 9 nitrogen and oxygen atoms in total. The van der Waals surface area contributed by atoms with Crippen molar-refractivity contribution in [3.8, 4) is 5.75 Å². The van der Waals surface area contributed by atoms with Crippen LogP contribution in [0.4, 0.5) is 5.69 Å². The highest BCUT2D eigenvalue weighted by Crippen LogP contribution is 2.52. The average molecular weight is 621 g/mol. The van der Waals surface area contributed by atoms with Gasteiger partial charge in [-0.15, -0.1) is 10.8 Å². The van der Waals surface area contributed by atoms with Crippen LogP contribution in [0.15, 0.2) is 72.9 Å². The lowest BCUT2D eigenvalue weighted by atomic mass is 9.93. The number of aliphatic hydroxyl groups excluding tert-OH is 1. The number of rotatable bonds is 12. The molecule has 0 unspecified atom stereocenters. The molecule has 2 heterocycles. The lowest BCUT2D eigenvalue weighted by molar-refractivity contribution is 0.0814. The summed E-state index contributed by atoms with van der Waals surface area (Å²) in [6, 6.07) is 20.6. The van der Waals surface area contributed by atoms with E-state index in [4.69, 9.17) is 4.74 Å². The van der Waals surface area contributed by atoms with Crippen LogP contribution in [0.1, 0.15) is 54.2 Å². The predicted octanol–water partition coefficient (Wildman–Crippen LogP) is 5.84. The van der Waals surface area contributed by atoms with Crippen LogP contribution >= 0.6 is 10.8 Å². The summed E-state index contributed by atoms with van der Waals surface area (Å²) in [7, 11) is -1.34. The highest BCUT2D eigenvalue weighted by Gasteiger charge is 2.32. The van der Waals surface area contributed by atoms with E-state index in [1.807, 2.05) is 87.6 Å². The summed E-state index contributed by atoms with van der Waals surface area (Å²) < 4.78 is 28.6. The number of aryl methyl sites for hydroxylation is 1. The van der Waals surface area contributed by atoms with Crippen molar-refractivity contribution in [2.75, 3.05) is 30.3 Å². The molecule has 10 heteroatoms. The van der Waals surface area contributed by atoms with Gasteiger partial charge in [-0.2, -0.15) is 0 Å². The van der Waals surface area contributed by atoms with E-state index in [2.05, 4.69) is 15.6 Å². The normalized spacial score (nSPS) is 16.9. The molecule has 236 valence electrons. The second-order valence-electron chi connectivity index (χ2n) is 12.0. The van der Waals surface area contributed by atoms with E-state index in [0.29, 0.717) is 36.4 Å². The first-order chi connectivity index (χ1) is 21.0. The number of H-pyrrole nitrogens is 1. The molecular weight excluding hydrogens is 576 g/mol. The smallest absolute Gasteiger partial charge is 0.251 e. The van der Waals surface area contributed by atoms with E-state index in [1.54, 1.807) is 17.5 Å². The molecule has 6 N–H and O–H groups in total. The van der Waals surface area contributed by atoms with Gasteiger partial charge < -0.3 is 25.5 Å². The van der Waals surface area contributed by atoms with Gasteiger partial charge in [0.2, 0.25) is 0 Å².